The van der Waals surface area contributed by atoms with E-state index in [4.69, 9.17) is 0 Å². The van der Waals surface area contributed by atoms with Gasteiger partial charge in [-0.25, -0.2) is 0 Å². The normalized spacial score (nSPS) is 16.6. The van der Waals surface area contributed by atoms with E-state index in [1.165, 1.54) is 42.7 Å². The lowest BCUT2D eigenvalue weighted by atomic mass is 9.88. The summed E-state index contributed by atoms with van der Waals surface area (Å²) in [6.07, 6.45) is 2.52. The number of para-hydroxylation sites is 1. The number of aryl methyl sites for hydroxylation is 1. The van der Waals surface area contributed by atoms with Gasteiger partial charge in [0.15, 0.2) is 0 Å². The summed E-state index contributed by atoms with van der Waals surface area (Å²) < 4.78 is 0. The molecule has 0 unspecified atom stereocenters. The quantitative estimate of drug-likeness (QED) is 0.765. The highest BCUT2D eigenvalue weighted by atomic mass is 15.1. The molecule has 0 saturated carbocycles. The van der Waals surface area contributed by atoms with Crippen LogP contribution in [0.25, 0.3) is 0 Å². The smallest absolute Gasteiger partial charge is 0.0366 e. The van der Waals surface area contributed by atoms with Crippen LogP contribution in [0.15, 0.2) is 54.6 Å². The summed E-state index contributed by atoms with van der Waals surface area (Å²) in [7, 11) is 0. The van der Waals surface area contributed by atoms with Crippen LogP contribution in [0.1, 0.15) is 29.9 Å². The molecule has 98 valence electrons. The Hall–Kier alpha value is -1.76. The zero-order valence-corrected chi connectivity index (χ0v) is 11.5. The summed E-state index contributed by atoms with van der Waals surface area (Å²) in [6.45, 7) is 4.52. The van der Waals surface area contributed by atoms with Gasteiger partial charge in [0.2, 0.25) is 0 Å². The third-order valence-corrected chi connectivity index (χ3v) is 4.13. The molecule has 3 rings (SSSR count). The lowest BCUT2D eigenvalue weighted by molar-refractivity contribution is 0.505. The first-order valence-corrected chi connectivity index (χ1v) is 7.19. The molecule has 0 amide bonds. The Morgan fingerprint density at radius 1 is 0.895 bits per heavy atom. The third kappa shape index (κ3) is 2.81. The van der Waals surface area contributed by atoms with E-state index >= 15 is 0 Å². The van der Waals surface area contributed by atoms with E-state index in [0.29, 0.717) is 0 Å². The van der Waals surface area contributed by atoms with Gasteiger partial charge in [0.05, 0.1) is 0 Å². The average molecular weight is 251 g/mol. The first-order chi connectivity index (χ1) is 9.33. The molecule has 19 heavy (non-hydrogen) atoms. The Morgan fingerprint density at radius 2 is 1.63 bits per heavy atom. The Morgan fingerprint density at radius 3 is 2.32 bits per heavy atom. The maximum atomic E-state index is 2.51. The molecule has 0 spiro atoms. The number of rotatable bonds is 2. The summed E-state index contributed by atoms with van der Waals surface area (Å²) in [6, 6.07) is 19.8. The molecule has 0 bridgehead atoms. The van der Waals surface area contributed by atoms with Crippen molar-refractivity contribution in [3.8, 4) is 0 Å². The molecule has 1 aliphatic rings. The van der Waals surface area contributed by atoms with Crippen LogP contribution in [0.3, 0.4) is 0 Å². The Bertz CT molecular complexity index is 524. The minimum Gasteiger partial charge on any atom is -0.371 e. The number of nitrogens with zero attached hydrogens (tertiary/aromatic N) is 1. The van der Waals surface area contributed by atoms with E-state index in [1.54, 1.807) is 0 Å². The fourth-order valence-electron chi connectivity index (χ4n) is 3.03. The maximum absolute atomic E-state index is 2.51. The average Bonchev–Trinajstić information content (AvgIpc) is 2.48. The molecule has 1 nitrogen and oxygen atoms in total. The molecule has 0 aromatic heterocycles. The fourth-order valence-corrected chi connectivity index (χ4v) is 3.03. The highest BCUT2D eigenvalue weighted by molar-refractivity contribution is 5.46. The van der Waals surface area contributed by atoms with Gasteiger partial charge in [-0.15, -0.1) is 0 Å². The second-order valence-corrected chi connectivity index (χ2v) is 5.51. The summed E-state index contributed by atoms with van der Waals surface area (Å²) in [4.78, 5) is 2.51. The van der Waals surface area contributed by atoms with Crippen LogP contribution < -0.4 is 4.90 Å². The summed E-state index contributed by atoms with van der Waals surface area (Å²) >= 11 is 0. The number of benzene rings is 2. The molecule has 1 heterocycles. The molecule has 0 atom stereocenters. The van der Waals surface area contributed by atoms with Crippen molar-refractivity contribution < 1.29 is 0 Å². The van der Waals surface area contributed by atoms with Crippen LogP contribution in [0.2, 0.25) is 0 Å². The maximum Gasteiger partial charge on any atom is 0.0366 e. The predicted octanol–water partition coefficient (Wildman–Crippen LogP) is 4.38. The van der Waals surface area contributed by atoms with E-state index in [9.17, 15) is 0 Å². The molecule has 2 aromatic rings. The number of anilines is 1. The lowest BCUT2D eigenvalue weighted by Gasteiger charge is -2.34. The van der Waals surface area contributed by atoms with E-state index in [-0.39, 0.29) is 0 Å². The van der Waals surface area contributed by atoms with Gasteiger partial charge in [0, 0.05) is 18.8 Å². The second kappa shape index (κ2) is 5.48. The van der Waals surface area contributed by atoms with Gasteiger partial charge >= 0.3 is 0 Å². The van der Waals surface area contributed by atoms with Gasteiger partial charge in [-0.1, -0.05) is 48.0 Å². The Kier molecular flexibility index (Phi) is 3.54. The van der Waals surface area contributed by atoms with Gasteiger partial charge in [-0.3, -0.25) is 0 Å². The largest absolute Gasteiger partial charge is 0.371 e. The minimum atomic E-state index is 0.736. The van der Waals surface area contributed by atoms with Gasteiger partial charge in [-0.2, -0.15) is 0 Å². The molecule has 1 fully saturated rings. The van der Waals surface area contributed by atoms with Gasteiger partial charge in [-0.05, 0) is 43.4 Å². The zero-order chi connectivity index (χ0) is 13.1. The van der Waals surface area contributed by atoms with Crippen molar-refractivity contribution in [2.24, 2.45) is 0 Å². The second-order valence-electron chi connectivity index (χ2n) is 5.51. The Balaban J connectivity index is 1.67. The van der Waals surface area contributed by atoms with Crippen LogP contribution in [0, 0.1) is 6.92 Å². The standard InChI is InChI=1S/C18H21N/c1-15-6-5-7-17(14-15)16-10-12-19(13-11-16)18-8-3-2-4-9-18/h2-9,14,16H,10-13H2,1H3. The van der Waals surface area contributed by atoms with Crippen molar-refractivity contribution >= 4 is 5.69 Å². The third-order valence-electron chi connectivity index (χ3n) is 4.13. The molecule has 0 N–H and O–H groups in total. The van der Waals surface area contributed by atoms with Crippen molar-refractivity contribution in [2.45, 2.75) is 25.7 Å². The van der Waals surface area contributed by atoms with E-state index < -0.39 is 0 Å². The molecule has 0 radical (unpaired) electrons. The van der Waals surface area contributed by atoms with Gasteiger partial charge in [0.25, 0.3) is 0 Å². The zero-order valence-electron chi connectivity index (χ0n) is 11.5. The van der Waals surface area contributed by atoms with Crippen molar-refractivity contribution in [1.29, 1.82) is 0 Å². The Labute approximate surface area is 115 Å². The van der Waals surface area contributed by atoms with Crippen molar-refractivity contribution in [1.82, 2.24) is 0 Å². The van der Waals surface area contributed by atoms with Crippen molar-refractivity contribution in [3.63, 3.8) is 0 Å². The van der Waals surface area contributed by atoms with E-state index in [0.717, 1.165) is 5.92 Å². The van der Waals surface area contributed by atoms with E-state index in [2.05, 4.69) is 66.4 Å². The number of piperidine rings is 1. The van der Waals surface area contributed by atoms with Crippen LogP contribution in [-0.4, -0.2) is 13.1 Å². The van der Waals surface area contributed by atoms with Crippen LogP contribution in [0.5, 0.6) is 0 Å². The fraction of sp³-hybridized carbons (Fsp3) is 0.333. The summed E-state index contributed by atoms with van der Waals surface area (Å²) in [5.74, 6) is 0.736. The molecule has 1 aliphatic heterocycles. The van der Waals surface area contributed by atoms with Crippen LogP contribution in [0.4, 0.5) is 5.69 Å². The topological polar surface area (TPSA) is 3.24 Å². The van der Waals surface area contributed by atoms with E-state index in [1.807, 2.05) is 0 Å². The molecular formula is C18H21N. The monoisotopic (exact) mass is 251 g/mol. The molecule has 2 aromatic carbocycles. The first kappa shape index (κ1) is 12.3. The molecule has 0 aliphatic carbocycles. The highest BCUT2D eigenvalue weighted by Crippen LogP contribution is 2.30. The van der Waals surface area contributed by atoms with Crippen molar-refractivity contribution in [3.05, 3.63) is 65.7 Å². The predicted molar refractivity (Wildman–Crippen MR) is 81.8 cm³/mol. The first-order valence-electron chi connectivity index (χ1n) is 7.19. The molecular weight excluding hydrogens is 230 g/mol. The van der Waals surface area contributed by atoms with Crippen LogP contribution >= 0.6 is 0 Å². The molecule has 1 heteroatoms. The summed E-state index contributed by atoms with van der Waals surface area (Å²) in [5.41, 5.74) is 4.26. The SMILES string of the molecule is Cc1cccc(C2CCN(c3ccccc3)CC2)c1. The lowest BCUT2D eigenvalue weighted by Crippen LogP contribution is -2.32. The van der Waals surface area contributed by atoms with Gasteiger partial charge in [0.1, 0.15) is 0 Å². The summed E-state index contributed by atoms with van der Waals surface area (Å²) in [5, 5.41) is 0. The van der Waals surface area contributed by atoms with Gasteiger partial charge < -0.3 is 4.90 Å². The molecule has 1 saturated heterocycles. The highest BCUT2D eigenvalue weighted by Gasteiger charge is 2.20. The minimum absolute atomic E-state index is 0.736. The number of hydrogen-bond donors (Lipinski definition) is 0. The van der Waals surface area contributed by atoms with Crippen molar-refractivity contribution in [2.75, 3.05) is 18.0 Å². The van der Waals surface area contributed by atoms with Crippen LogP contribution in [-0.2, 0) is 0 Å². The number of hydrogen-bond acceptors (Lipinski definition) is 1.